The van der Waals surface area contributed by atoms with Gasteiger partial charge in [-0.2, -0.15) is 0 Å². The lowest BCUT2D eigenvalue weighted by molar-refractivity contribution is -0.125. The highest BCUT2D eigenvalue weighted by Crippen LogP contribution is 2.31. The Bertz CT molecular complexity index is 1020. The van der Waals surface area contributed by atoms with Gasteiger partial charge < -0.3 is 15.0 Å². The van der Waals surface area contributed by atoms with Gasteiger partial charge in [0.1, 0.15) is 0 Å². The summed E-state index contributed by atoms with van der Waals surface area (Å²) in [4.78, 5) is 24.8. The zero-order valence-corrected chi connectivity index (χ0v) is 18.3. The first-order valence-electron chi connectivity index (χ1n) is 11.2. The second kappa shape index (κ2) is 9.77. The van der Waals surface area contributed by atoms with E-state index < -0.39 is 0 Å². The molecule has 2 heterocycles. The Morgan fingerprint density at radius 1 is 1.13 bits per heavy atom. The molecule has 1 fully saturated rings. The van der Waals surface area contributed by atoms with Gasteiger partial charge in [-0.3, -0.25) is 4.79 Å². The number of hydrogen-bond acceptors (Lipinski definition) is 5. The molecule has 1 saturated heterocycles. The number of benzene rings is 2. The lowest BCUT2D eigenvalue weighted by Crippen LogP contribution is -2.44. The maximum atomic E-state index is 13.0. The fraction of sp³-hybridized carbons (Fsp3) is 0.400. The number of fused-ring (bicyclic) bond motifs is 1. The van der Waals surface area contributed by atoms with E-state index in [0.717, 1.165) is 48.2 Å². The van der Waals surface area contributed by atoms with Gasteiger partial charge in [-0.05, 0) is 43.9 Å². The number of carbonyl (C=O) groups is 1. The van der Waals surface area contributed by atoms with Crippen LogP contribution in [0.4, 0.5) is 5.82 Å². The maximum absolute atomic E-state index is 13.0. The number of amides is 1. The van der Waals surface area contributed by atoms with Crippen molar-refractivity contribution >= 4 is 22.8 Å². The Morgan fingerprint density at radius 2 is 1.84 bits per heavy atom. The van der Waals surface area contributed by atoms with Gasteiger partial charge in [0.15, 0.2) is 5.82 Å². The fourth-order valence-corrected chi connectivity index (χ4v) is 4.02. The summed E-state index contributed by atoms with van der Waals surface area (Å²) in [6, 6.07) is 17.9. The number of ether oxygens (including phenoxy) is 1. The largest absolute Gasteiger partial charge is 0.475 e. The Hall–Kier alpha value is -3.15. The molecule has 6 nitrogen and oxygen atoms in total. The van der Waals surface area contributed by atoms with Gasteiger partial charge in [0.25, 0.3) is 5.88 Å². The van der Waals surface area contributed by atoms with Crippen LogP contribution in [0.5, 0.6) is 5.88 Å². The van der Waals surface area contributed by atoms with Crippen molar-refractivity contribution in [1.29, 1.82) is 0 Å². The minimum absolute atomic E-state index is 0.0204. The molecule has 1 N–H and O–H groups in total. The molecule has 0 bridgehead atoms. The van der Waals surface area contributed by atoms with Crippen LogP contribution >= 0.6 is 0 Å². The van der Waals surface area contributed by atoms with Crippen LogP contribution in [0.25, 0.3) is 11.0 Å². The molecule has 162 valence electrons. The van der Waals surface area contributed by atoms with E-state index in [1.807, 2.05) is 61.5 Å². The summed E-state index contributed by atoms with van der Waals surface area (Å²) in [5, 5.41) is 3.18. The predicted octanol–water partition coefficient (Wildman–Crippen LogP) is 4.51. The van der Waals surface area contributed by atoms with Crippen LogP contribution in [0, 0.1) is 5.92 Å². The van der Waals surface area contributed by atoms with Gasteiger partial charge in [-0.1, -0.05) is 49.4 Å². The molecular weight excluding hydrogens is 388 g/mol. The molecule has 0 radical (unpaired) electrons. The summed E-state index contributed by atoms with van der Waals surface area (Å²) in [5.74, 6) is 1.29. The molecule has 1 amide bonds. The van der Waals surface area contributed by atoms with Crippen molar-refractivity contribution in [2.45, 2.75) is 39.2 Å². The molecular formula is C25H30N4O2. The van der Waals surface area contributed by atoms with Gasteiger partial charge >= 0.3 is 0 Å². The summed E-state index contributed by atoms with van der Waals surface area (Å²) in [5.41, 5.74) is 2.77. The van der Waals surface area contributed by atoms with E-state index in [0.29, 0.717) is 19.0 Å². The van der Waals surface area contributed by atoms with Gasteiger partial charge in [-0.25, -0.2) is 9.97 Å². The lowest BCUT2D eigenvalue weighted by Gasteiger charge is -2.34. The van der Waals surface area contributed by atoms with Crippen LogP contribution < -0.4 is 15.0 Å². The number of piperidine rings is 1. The third kappa shape index (κ3) is 4.95. The third-order valence-corrected chi connectivity index (χ3v) is 5.71. The molecule has 0 unspecified atom stereocenters. The van der Waals surface area contributed by atoms with Gasteiger partial charge in [0.2, 0.25) is 5.91 Å². The highest BCUT2D eigenvalue weighted by Gasteiger charge is 2.29. The standard InChI is InChI=1S/C25H30N4O2/c1-3-16-31-25-23(27-21-13-7-8-14-22(21)28-25)29-15-9-12-20(17-29)24(30)26-18(2)19-10-5-4-6-11-19/h4-8,10-11,13-14,18,20H,3,9,12,15-17H2,1-2H3,(H,26,30)/t18-,20-/m0/s1. The topological polar surface area (TPSA) is 67.4 Å². The van der Waals surface area contributed by atoms with E-state index in [-0.39, 0.29) is 17.9 Å². The zero-order valence-electron chi connectivity index (χ0n) is 18.3. The number of aromatic nitrogens is 2. The van der Waals surface area contributed by atoms with Crippen LogP contribution in [0.1, 0.15) is 44.7 Å². The zero-order chi connectivity index (χ0) is 21.6. The van der Waals surface area contributed by atoms with Gasteiger partial charge in [0.05, 0.1) is 29.6 Å². The van der Waals surface area contributed by atoms with Crippen molar-refractivity contribution in [2.24, 2.45) is 5.92 Å². The molecule has 0 saturated carbocycles. The number of anilines is 1. The summed E-state index contributed by atoms with van der Waals surface area (Å²) < 4.78 is 5.95. The fourth-order valence-electron chi connectivity index (χ4n) is 4.02. The Labute approximate surface area is 183 Å². The van der Waals surface area contributed by atoms with Crippen molar-refractivity contribution in [3.63, 3.8) is 0 Å². The van der Waals surface area contributed by atoms with Crippen molar-refractivity contribution in [1.82, 2.24) is 15.3 Å². The SMILES string of the molecule is CCCOc1nc2ccccc2nc1N1CCC[C@H](C(=O)N[C@@H](C)c2ccccc2)C1. The molecule has 2 atom stereocenters. The van der Waals surface area contributed by atoms with Crippen LogP contribution in [-0.2, 0) is 4.79 Å². The third-order valence-electron chi connectivity index (χ3n) is 5.71. The normalized spacial score (nSPS) is 17.4. The van der Waals surface area contributed by atoms with Crippen molar-refractivity contribution in [2.75, 3.05) is 24.6 Å². The first-order valence-corrected chi connectivity index (χ1v) is 11.2. The number of carbonyl (C=O) groups excluding carboxylic acids is 1. The minimum Gasteiger partial charge on any atom is -0.475 e. The maximum Gasteiger partial charge on any atom is 0.258 e. The van der Waals surface area contributed by atoms with E-state index in [2.05, 4.69) is 17.1 Å². The summed E-state index contributed by atoms with van der Waals surface area (Å²) in [7, 11) is 0. The first kappa shape index (κ1) is 21.1. The number of para-hydroxylation sites is 2. The molecule has 0 aliphatic carbocycles. The molecule has 6 heteroatoms. The van der Waals surface area contributed by atoms with Crippen molar-refractivity contribution in [3.05, 3.63) is 60.2 Å². The lowest BCUT2D eigenvalue weighted by atomic mass is 9.96. The molecule has 2 aromatic carbocycles. The molecule has 1 aliphatic heterocycles. The van der Waals surface area contributed by atoms with Crippen LogP contribution in [0.2, 0.25) is 0 Å². The van der Waals surface area contributed by atoms with E-state index in [1.165, 1.54) is 0 Å². The molecule has 4 rings (SSSR count). The van der Waals surface area contributed by atoms with E-state index in [9.17, 15) is 4.79 Å². The minimum atomic E-state index is -0.0905. The van der Waals surface area contributed by atoms with E-state index in [1.54, 1.807) is 0 Å². The summed E-state index contributed by atoms with van der Waals surface area (Å²) in [6.45, 7) is 6.14. The average molecular weight is 419 g/mol. The molecule has 3 aromatic rings. The molecule has 0 spiro atoms. The molecule has 1 aromatic heterocycles. The number of hydrogen-bond donors (Lipinski definition) is 1. The van der Waals surface area contributed by atoms with E-state index >= 15 is 0 Å². The number of nitrogens with one attached hydrogen (secondary N) is 1. The highest BCUT2D eigenvalue weighted by molar-refractivity contribution is 5.81. The second-order valence-electron chi connectivity index (χ2n) is 8.12. The number of nitrogens with zero attached hydrogens (tertiary/aromatic N) is 3. The highest BCUT2D eigenvalue weighted by atomic mass is 16.5. The predicted molar refractivity (Wildman–Crippen MR) is 123 cm³/mol. The second-order valence-corrected chi connectivity index (χ2v) is 8.12. The van der Waals surface area contributed by atoms with Crippen LogP contribution in [-0.4, -0.2) is 35.6 Å². The van der Waals surface area contributed by atoms with Crippen LogP contribution in [0.3, 0.4) is 0 Å². The van der Waals surface area contributed by atoms with Crippen molar-refractivity contribution < 1.29 is 9.53 Å². The smallest absolute Gasteiger partial charge is 0.258 e. The van der Waals surface area contributed by atoms with Gasteiger partial charge in [-0.15, -0.1) is 0 Å². The van der Waals surface area contributed by atoms with Crippen molar-refractivity contribution in [3.8, 4) is 5.88 Å². The Morgan fingerprint density at radius 3 is 2.58 bits per heavy atom. The van der Waals surface area contributed by atoms with Gasteiger partial charge in [0, 0.05) is 13.1 Å². The summed E-state index contributed by atoms with van der Waals surface area (Å²) >= 11 is 0. The molecule has 1 aliphatic rings. The Kier molecular flexibility index (Phi) is 6.65. The quantitative estimate of drug-likeness (QED) is 0.611. The number of rotatable bonds is 7. The summed E-state index contributed by atoms with van der Waals surface area (Å²) in [6.07, 6.45) is 2.70. The van der Waals surface area contributed by atoms with Crippen LogP contribution in [0.15, 0.2) is 54.6 Å². The van der Waals surface area contributed by atoms with E-state index in [4.69, 9.17) is 14.7 Å². The Balaban J connectivity index is 1.52. The first-order chi connectivity index (χ1) is 15.2. The molecule has 31 heavy (non-hydrogen) atoms. The monoisotopic (exact) mass is 418 g/mol. The average Bonchev–Trinajstić information content (AvgIpc) is 2.82.